The standard InChI is InChI=1S/C4H6ClNO2/c1-2-6-4(8)3(5)7/h2H2,1H3,(H,6,8). The molecule has 46 valence electrons. The van der Waals surface area contributed by atoms with E-state index in [-0.39, 0.29) is 0 Å². The van der Waals surface area contributed by atoms with Gasteiger partial charge in [-0.05, 0) is 18.5 Å². The van der Waals surface area contributed by atoms with Crippen LogP contribution in [0.5, 0.6) is 0 Å². The Balaban J connectivity index is 3.49. The second-order valence-electron chi connectivity index (χ2n) is 1.13. The third-order valence-corrected chi connectivity index (χ3v) is 0.687. The number of hydrogen-bond acceptors (Lipinski definition) is 2. The van der Waals surface area contributed by atoms with Crippen molar-refractivity contribution in [2.24, 2.45) is 0 Å². The zero-order valence-electron chi connectivity index (χ0n) is 4.40. The maximum atomic E-state index is 10.2. The largest absolute Gasteiger partial charge is 0.349 e. The van der Waals surface area contributed by atoms with Gasteiger partial charge < -0.3 is 5.32 Å². The van der Waals surface area contributed by atoms with Gasteiger partial charge in [0.25, 0.3) is 0 Å². The van der Waals surface area contributed by atoms with E-state index in [1.54, 1.807) is 6.92 Å². The van der Waals surface area contributed by atoms with Crippen LogP contribution in [0.25, 0.3) is 0 Å². The molecule has 0 spiro atoms. The first kappa shape index (κ1) is 7.43. The Labute approximate surface area is 52.0 Å². The molecular formula is C4H6ClNO2. The second-order valence-corrected chi connectivity index (χ2v) is 1.48. The van der Waals surface area contributed by atoms with E-state index in [2.05, 4.69) is 5.32 Å². The van der Waals surface area contributed by atoms with Crippen LogP contribution in [0.2, 0.25) is 0 Å². The van der Waals surface area contributed by atoms with E-state index in [1.165, 1.54) is 0 Å². The Hall–Kier alpha value is -0.570. The summed E-state index contributed by atoms with van der Waals surface area (Å²) in [6, 6.07) is 0. The molecule has 0 rings (SSSR count). The van der Waals surface area contributed by atoms with Crippen LogP contribution in [0.3, 0.4) is 0 Å². The summed E-state index contributed by atoms with van der Waals surface area (Å²) >= 11 is 4.76. The Morgan fingerprint density at radius 1 is 1.62 bits per heavy atom. The van der Waals surface area contributed by atoms with Crippen LogP contribution in [0, 0.1) is 0 Å². The highest BCUT2D eigenvalue weighted by atomic mass is 35.5. The SMILES string of the molecule is CCNC(=O)C(=O)Cl. The molecule has 0 aliphatic rings. The maximum Gasteiger partial charge on any atom is 0.309 e. The first-order valence-corrected chi connectivity index (χ1v) is 2.54. The normalized spacial score (nSPS) is 8.25. The topological polar surface area (TPSA) is 46.2 Å². The van der Waals surface area contributed by atoms with Gasteiger partial charge in [0.2, 0.25) is 0 Å². The summed E-state index contributed by atoms with van der Waals surface area (Å²) in [5.41, 5.74) is 0. The van der Waals surface area contributed by atoms with E-state index in [4.69, 9.17) is 11.6 Å². The van der Waals surface area contributed by atoms with Crippen molar-refractivity contribution in [2.45, 2.75) is 6.92 Å². The molecule has 0 aliphatic heterocycles. The Bertz CT molecular complexity index is 113. The molecule has 0 saturated carbocycles. The average molecular weight is 136 g/mol. The van der Waals surface area contributed by atoms with Crippen molar-refractivity contribution in [2.75, 3.05) is 6.54 Å². The molecule has 0 aromatic carbocycles. The number of carbonyl (C=O) groups excluding carboxylic acids is 2. The molecule has 0 unspecified atom stereocenters. The molecule has 3 nitrogen and oxygen atoms in total. The lowest BCUT2D eigenvalue weighted by Gasteiger charge is -1.91. The van der Waals surface area contributed by atoms with Crippen molar-refractivity contribution < 1.29 is 9.59 Å². The fourth-order valence-electron chi connectivity index (χ4n) is 0.230. The Morgan fingerprint density at radius 2 is 2.12 bits per heavy atom. The average Bonchev–Trinajstić information content (AvgIpc) is 1.67. The lowest BCUT2D eigenvalue weighted by atomic mass is 10.6. The van der Waals surface area contributed by atoms with E-state index in [9.17, 15) is 9.59 Å². The van der Waals surface area contributed by atoms with Crippen LogP contribution in [0.1, 0.15) is 6.92 Å². The molecule has 0 saturated heterocycles. The predicted molar refractivity (Wildman–Crippen MR) is 29.5 cm³/mol. The molecule has 0 radical (unpaired) electrons. The van der Waals surface area contributed by atoms with Crippen LogP contribution in [0.15, 0.2) is 0 Å². The monoisotopic (exact) mass is 135 g/mol. The van der Waals surface area contributed by atoms with Crippen molar-refractivity contribution in [1.29, 1.82) is 0 Å². The Kier molecular flexibility index (Phi) is 3.19. The van der Waals surface area contributed by atoms with Crippen LogP contribution in [-0.2, 0) is 9.59 Å². The van der Waals surface area contributed by atoms with Crippen molar-refractivity contribution in [3.63, 3.8) is 0 Å². The number of rotatable bonds is 2. The summed E-state index contributed by atoms with van der Waals surface area (Å²) in [4.78, 5) is 20.0. The summed E-state index contributed by atoms with van der Waals surface area (Å²) in [5, 5.41) is 1.26. The second kappa shape index (κ2) is 3.43. The van der Waals surface area contributed by atoms with Gasteiger partial charge >= 0.3 is 11.1 Å². The van der Waals surface area contributed by atoms with E-state index in [0.717, 1.165) is 0 Å². The minimum absolute atomic E-state index is 0.428. The first-order valence-electron chi connectivity index (χ1n) is 2.16. The lowest BCUT2D eigenvalue weighted by molar-refractivity contribution is -0.133. The van der Waals surface area contributed by atoms with E-state index < -0.39 is 11.1 Å². The Morgan fingerprint density at radius 3 is 2.25 bits per heavy atom. The van der Waals surface area contributed by atoms with Crippen LogP contribution >= 0.6 is 11.6 Å². The van der Waals surface area contributed by atoms with Gasteiger partial charge in [0.15, 0.2) is 0 Å². The van der Waals surface area contributed by atoms with E-state index in [0.29, 0.717) is 6.54 Å². The minimum atomic E-state index is -0.966. The molecular weight excluding hydrogens is 130 g/mol. The van der Waals surface area contributed by atoms with Gasteiger partial charge in [-0.1, -0.05) is 0 Å². The summed E-state index contributed by atoms with van der Waals surface area (Å²) in [5.74, 6) is -0.742. The maximum absolute atomic E-state index is 10.2. The smallest absolute Gasteiger partial charge is 0.309 e. The number of likely N-dealkylation sites (N-methyl/N-ethyl adjacent to an activating group) is 1. The number of halogens is 1. The molecule has 0 aliphatic carbocycles. The molecule has 0 aromatic heterocycles. The molecule has 0 aromatic rings. The number of carbonyl (C=O) groups is 2. The summed E-state index contributed by atoms with van der Waals surface area (Å²) < 4.78 is 0. The third-order valence-electron chi connectivity index (χ3n) is 0.516. The fourth-order valence-corrected chi connectivity index (χ4v) is 0.297. The molecule has 0 bridgehead atoms. The number of hydrogen-bond donors (Lipinski definition) is 1. The summed E-state index contributed by atoms with van der Waals surface area (Å²) in [6.45, 7) is 2.13. The van der Waals surface area contributed by atoms with Gasteiger partial charge in [0.05, 0.1) is 0 Å². The van der Waals surface area contributed by atoms with E-state index in [1.807, 2.05) is 0 Å². The zero-order chi connectivity index (χ0) is 6.57. The van der Waals surface area contributed by atoms with Gasteiger partial charge in [0, 0.05) is 6.54 Å². The summed E-state index contributed by atoms with van der Waals surface area (Å²) in [6.07, 6.45) is 0. The minimum Gasteiger partial charge on any atom is -0.349 e. The fraction of sp³-hybridized carbons (Fsp3) is 0.500. The van der Waals surface area contributed by atoms with Gasteiger partial charge in [-0.25, -0.2) is 0 Å². The van der Waals surface area contributed by atoms with Crippen molar-refractivity contribution in [3.8, 4) is 0 Å². The third kappa shape index (κ3) is 2.58. The van der Waals surface area contributed by atoms with Crippen LogP contribution in [0.4, 0.5) is 0 Å². The quantitative estimate of drug-likeness (QED) is 0.424. The van der Waals surface area contributed by atoms with Crippen molar-refractivity contribution in [3.05, 3.63) is 0 Å². The van der Waals surface area contributed by atoms with Gasteiger partial charge in [-0.2, -0.15) is 0 Å². The van der Waals surface area contributed by atoms with Gasteiger partial charge in [0.1, 0.15) is 0 Å². The van der Waals surface area contributed by atoms with Gasteiger partial charge in [-0.3, -0.25) is 9.59 Å². The molecule has 4 heteroatoms. The summed E-state index contributed by atoms with van der Waals surface area (Å²) in [7, 11) is 0. The lowest BCUT2D eigenvalue weighted by Crippen LogP contribution is -2.27. The van der Waals surface area contributed by atoms with E-state index >= 15 is 0 Å². The highest BCUT2D eigenvalue weighted by Crippen LogP contribution is 1.76. The molecule has 0 fully saturated rings. The van der Waals surface area contributed by atoms with Crippen molar-refractivity contribution in [1.82, 2.24) is 5.32 Å². The first-order chi connectivity index (χ1) is 3.68. The number of amides is 1. The highest BCUT2D eigenvalue weighted by Gasteiger charge is 2.05. The zero-order valence-corrected chi connectivity index (χ0v) is 5.16. The molecule has 0 atom stereocenters. The van der Waals surface area contributed by atoms with Crippen LogP contribution < -0.4 is 5.32 Å². The van der Waals surface area contributed by atoms with Crippen LogP contribution in [-0.4, -0.2) is 17.7 Å². The van der Waals surface area contributed by atoms with Crippen molar-refractivity contribution >= 4 is 22.8 Å². The highest BCUT2D eigenvalue weighted by molar-refractivity contribution is 6.80. The molecule has 1 amide bonds. The molecule has 8 heavy (non-hydrogen) atoms. The molecule has 0 heterocycles. The number of nitrogens with one attached hydrogen (secondary N) is 1. The predicted octanol–water partition coefficient (Wildman–Crippen LogP) is -0.112. The molecule has 1 N–H and O–H groups in total. The van der Waals surface area contributed by atoms with Gasteiger partial charge in [-0.15, -0.1) is 0 Å².